The second-order valence-corrected chi connectivity index (χ2v) is 4.76. The fourth-order valence-corrected chi connectivity index (χ4v) is 1.55. The largest absolute Gasteiger partial charge is 0.394 e. The van der Waals surface area contributed by atoms with Crippen molar-refractivity contribution in [2.24, 2.45) is 0 Å². The van der Waals surface area contributed by atoms with E-state index in [1.165, 1.54) is 0 Å². The van der Waals surface area contributed by atoms with Crippen molar-refractivity contribution in [1.82, 2.24) is 0 Å². The van der Waals surface area contributed by atoms with Gasteiger partial charge in [-0.25, -0.2) is 0 Å². The lowest BCUT2D eigenvalue weighted by Gasteiger charge is -2.08. The second-order valence-electron chi connectivity index (χ2n) is 4.76. The smallest absolute Gasteiger partial charge is 0.0704 e. The Labute approximate surface area is 150 Å². The summed E-state index contributed by atoms with van der Waals surface area (Å²) in [6.45, 7) is 10.9. The fraction of sp³-hybridized carbons (Fsp3) is 0.882. The molecule has 8 heteroatoms. The highest BCUT2D eigenvalue weighted by Crippen LogP contribution is 1.85. The normalized spacial score (nSPS) is 11.1. The molecule has 0 aromatic heterocycles. The lowest BCUT2D eigenvalue weighted by molar-refractivity contribution is -0.0208. The third-order valence-electron chi connectivity index (χ3n) is 2.70. The molecule has 0 aromatic carbocycles. The summed E-state index contributed by atoms with van der Waals surface area (Å²) in [4.78, 5) is 0. The second kappa shape index (κ2) is 23.4. The molecule has 0 bridgehead atoms. The van der Waals surface area contributed by atoms with Crippen molar-refractivity contribution >= 4 is 0 Å². The van der Waals surface area contributed by atoms with Gasteiger partial charge in [-0.05, 0) is 0 Å². The Morgan fingerprint density at radius 1 is 0.480 bits per heavy atom. The van der Waals surface area contributed by atoms with E-state index in [1.54, 1.807) is 6.08 Å². The molecular weight excluding hydrogens is 332 g/mol. The van der Waals surface area contributed by atoms with Crippen LogP contribution >= 0.6 is 0 Å². The minimum atomic E-state index is 0.0355. The summed E-state index contributed by atoms with van der Waals surface area (Å²) in [6, 6.07) is 0. The molecule has 25 heavy (non-hydrogen) atoms. The predicted molar refractivity (Wildman–Crippen MR) is 93.0 cm³/mol. The van der Waals surface area contributed by atoms with Gasteiger partial charge >= 0.3 is 0 Å². The maximum atomic E-state index is 8.51. The van der Waals surface area contributed by atoms with Crippen LogP contribution in [0.2, 0.25) is 0 Å². The van der Waals surface area contributed by atoms with Crippen molar-refractivity contribution in [3.63, 3.8) is 0 Å². The molecule has 0 saturated carbocycles. The van der Waals surface area contributed by atoms with Gasteiger partial charge in [0.25, 0.3) is 0 Å². The van der Waals surface area contributed by atoms with Crippen LogP contribution in [0.15, 0.2) is 12.7 Å². The van der Waals surface area contributed by atoms with Gasteiger partial charge in [-0.2, -0.15) is 0 Å². The Morgan fingerprint density at radius 2 is 0.760 bits per heavy atom. The van der Waals surface area contributed by atoms with E-state index in [1.807, 2.05) is 0 Å². The van der Waals surface area contributed by atoms with Crippen LogP contribution < -0.4 is 0 Å². The molecule has 0 saturated heterocycles. The minimum Gasteiger partial charge on any atom is -0.394 e. The Kier molecular flexibility index (Phi) is 22.9. The number of aliphatic hydroxyl groups is 1. The van der Waals surface area contributed by atoms with Crippen LogP contribution in [0, 0.1) is 0 Å². The Bertz CT molecular complexity index is 253. The van der Waals surface area contributed by atoms with Gasteiger partial charge in [-0.15, -0.1) is 6.58 Å². The molecule has 150 valence electrons. The summed E-state index contributed by atoms with van der Waals surface area (Å²) in [5, 5.41) is 8.51. The fourth-order valence-electron chi connectivity index (χ4n) is 1.55. The van der Waals surface area contributed by atoms with Crippen molar-refractivity contribution in [3.8, 4) is 0 Å². The van der Waals surface area contributed by atoms with Crippen LogP contribution in [0.4, 0.5) is 0 Å². The van der Waals surface area contributed by atoms with E-state index in [0.717, 1.165) is 0 Å². The zero-order valence-electron chi connectivity index (χ0n) is 15.2. The predicted octanol–water partition coefficient (Wildman–Crippen LogP) is 0.281. The number of rotatable bonds is 22. The molecule has 0 unspecified atom stereocenters. The summed E-state index contributed by atoms with van der Waals surface area (Å²) in [5.41, 5.74) is 0. The van der Waals surface area contributed by atoms with E-state index in [9.17, 15) is 0 Å². The first-order chi connectivity index (χ1) is 12.4. The average molecular weight is 366 g/mol. The molecule has 0 aliphatic carbocycles. The first kappa shape index (κ1) is 24.4. The van der Waals surface area contributed by atoms with E-state index < -0.39 is 0 Å². The summed E-state index contributed by atoms with van der Waals surface area (Å²) in [7, 11) is 0. The highest BCUT2D eigenvalue weighted by molar-refractivity contribution is 4.63. The van der Waals surface area contributed by atoms with E-state index in [2.05, 4.69) is 6.58 Å². The number of aliphatic hydroxyl groups excluding tert-OH is 1. The van der Waals surface area contributed by atoms with E-state index in [0.29, 0.717) is 92.5 Å². The van der Waals surface area contributed by atoms with Gasteiger partial charge in [0.05, 0.1) is 99.1 Å². The van der Waals surface area contributed by atoms with Gasteiger partial charge in [0.15, 0.2) is 0 Å². The van der Waals surface area contributed by atoms with E-state index in [-0.39, 0.29) is 6.61 Å². The molecule has 1 N–H and O–H groups in total. The molecule has 0 aliphatic rings. The van der Waals surface area contributed by atoms with Gasteiger partial charge in [-0.1, -0.05) is 6.08 Å². The highest BCUT2D eigenvalue weighted by Gasteiger charge is 1.94. The molecule has 0 atom stereocenters. The molecule has 0 spiro atoms. The zero-order chi connectivity index (χ0) is 18.3. The molecule has 0 rings (SSSR count). The molecule has 0 aromatic rings. The van der Waals surface area contributed by atoms with Crippen LogP contribution in [-0.4, -0.2) is 104 Å². The average Bonchev–Trinajstić information content (AvgIpc) is 2.63. The maximum Gasteiger partial charge on any atom is 0.0704 e. The van der Waals surface area contributed by atoms with Gasteiger partial charge in [0.2, 0.25) is 0 Å². The van der Waals surface area contributed by atoms with Crippen LogP contribution in [0.3, 0.4) is 0 Å². The Balaban J connectivity index is 2.95. The van der Waals surface area contributed by atoms with Crippen LogP contribution in [0.25, 0.3) is 0 Å². The Morgan fingerprint density at radius 3 is 1.04 bits per heavy atom. The summed E-state index contributed by atoms with van der Waals surface area (Å²) >= 11 is 0. The van der Waals surface area contributed by atoms with Crippen molar-refractivity contribution in [1.29, 1.82) is 0 Å². The van der Waals surface area contributed by atoms with Crippen LogP contribution in [-0.2, 0) is 33.2 Å². The van der Waals surface area contributed by atoms with E-state index >= 15 is 0 Å². The number of ether oxygens (including phenoxy) is 7. The SMILES string of the molecule is C=CCOCCOCCOCCOCCOCCOCCOCCO. The van der Waals surface area contributed by atoms with Crippen LogP contribution in [0.1, 0.15) is 0 Å². The highest BCUT2D eigenvalue weighted by atomic mass is 16.6. The molecule has 8 nitrogen and oxygen atoms in total. The third kappa shape index (κ3) is 23.4. The van der Waals surface area contributed by atoms with Gasteiger partial charge in [-0.3, -0.25) is 0 Å². The molecule has 0 fully saturated rings. The lowest BCUT2D eigenvalue weighted by Crippen LogP contribution is -2.14. The molecule has 0 aliphatic heterocycles. The first-order valence-electron chi connectivity index (χ1n) is 8.67. The number of hydrogen-bond donors (Lipinski definition) is 1. The molecule has 0 heterocycles. The summed E-state index contributed by atoms with van der Waals surface area (Å²) < 4.78 is 36.9. The lowest BCUT2D eigenvalue weighted by atomic mass is 10.6. The Hall–Kier alpha value is -0.580. The van der Waals surface area contributed by atoms with Crippen molar-refractivity contribution in [3.05, 3.63) is 12.7 Å². The van der Waals surface area contributed by atoms with Gasteiger partial charge in [0.1, 0.15) is 0 Å². The topological polar surface area (TPSA) is 84.8 Å². The van der Waals surface area contributed by atoms with E-state index in [4.69, 9.17) is 38.3 Å². The first-order valence-corrected chi connectivity index (χ1v) is 8.67. The number of hydrogen-bond acceptors (Lipinski definition) is 8. The molecule has 0 amide bonds. The monoisotopic (exact) mass is 366 g/mol. The summed E-state index contributed by atoms with van der Waals surface area (Å²) in [5.74, 6) is 0. The molecular formula is C17H34O8. The third-order valence-corrected chi connectivity index (χ3v) is 2.70. The van der Waals surface area contributed by atoms with Crippen molar-refractivity contribution in [2.75, 3.05) is 99.1 Å². The van der Waals surface area contributed by atoms with Crippen LogP contribution in [0.5, 0.6) is 0 Å². The zero-order valence-corrected chi connectivity index (χ0v) is 15.2. The van der Waals surface area contributed by atoms with Gasteiger partial charge in [0, 0.05) is 0 Å². The maximum absolute atomic E-state index is 8.51. The summed E-state index contributed by atoms with van der Waals surface area (Å²) in [6.07, 6.45) is 1.71. The van der Waals surface area contributed by atoms with Gasteiger partial charge < -0.3 is 38.3 Å². The quantitative estimate of drug-likeness (QED) is 0.216. The van der Waals surface area contributed by atoms with Crippen molar-refractivity contribution in [2.45, 2.75) is 0 Å². The molecule has 0 radical (unpaired) electrons. The standard InChI is InChI=1S/C17H34O8/c1-2-4-19-6-8-21-10-12-23-14-16-25-17-15-24-13-11-22-9-7-20-5-3-18/h2,18H,1,3-17H2. The van der Waals surface area contributed by atoms with Crippen molar-refractivity contribution < 1.29 is 38.3 Å². The minimum absolute atomic E-state index is 0.0355.